The van der Waals surface area contributed by atoms with E-state index in [1.54, 1.807) is 6.20 Å². The van der Waals surface area contributed by atoms with Crippen molar-refractivity contribution in [2.24, 2.45) is 5.92 Å². The maximum absolute atomic E-state index is 12.6. The Labute approximate surface area is 160 Å². The topological polar surface area (TPSA) is 73.9 Å². The summed E-state index contributed by atoms with van der Waals surface area (Å²) in [7, 11) is 1.93. The van der Waals surface area contributed by atoms with Gasteiger partial charge in [-0.1, -0.05) is 26.0 Å². The molecule has 3 rings (SSSR count). The number of amides is 1. The number of carbonyl (C=O) groups is 1. The zero-order valence-corrected chi connectivity index (χ0v) is 16.4. The molecule has 2 N–H and O–H groups in total. The molecule has 0 radical (unpaired) electrons. The molecule has 6 heteroatoms. The highest BCUT2D eigenvalue weighted by atomic mass is 16.2. The number of imidazole rings is 1. The maximum Gasteiger partial charge on any atom is 0.234 e. The number of nitrogens with zero attached hydrogens (tertiary/aromatic N) is 3. The molecule has 0 fully saturated rings. The number of aromatic nitrogens is 3. The zero-order valence-electron chi connectivity index (χ0n) is 16.4. The smallest absolute Gasteiger partial charge is 0.234 e. The Kier molecular flexibility index (Phi) is 5.86. The van der Waals surface area contributed by atoms with E-state index in [1.807, 2.05) is 42.4 Å². The molecule has 0 unspecified atom stereocenters. The van der Waals surface area contributed by atoms with Gasteiger partial charge in [0.2, 0.25) is 5.91 Å². The van der Waals surface area contributed by atoms with Gasteiger partial charge in [0.05, 0.1) is 23.6 Å². The average molecular weight is 365 g/mol. The Balaban J connectivity index is 1.67. The summed E-state index contributed by atoms with van der Waals surface area (Å²) in [4.78, 5) is 26.7. The first-order valence-corrected chi connectivity index (χ1v) is 9.25. The van der Waals surface area contributed by atoms with E-state index in [0.717, 1.165) is 22.4 Å². The van der Waals surface area contributed by atoms with Gasteiger partial charge in [0.1, 0.15) is 5.82 Å². The number of rotatable bonds is 7. The van der Waals surface area contributed by atoms with Crippen LogP contribution in [0.3, 0.4) is 0 Å². The molecule has 142 valence electrons. The summed E-state index contributed by atoms with van der Waals surface area (Å²) in [5.41, 5.74) is 4.18. The van der Waals surface area contributed by atoms with Crippen molar-refractivity contribution in [3.63, 3.8) is 0 Å². The van der Waals surface area contributed by atoms with E-state index < -0.39 is 0 Å². The minimum absolute atomic E-state index is 0.0169. The lowest BCUT2D eigenvalue weighted by Gasteiger charge is -2.22. The summed E-state index contributed by atoms with van der Waals surface area (Å²) >= 11 is 0. The number of aromatic amines is 1. The Morgan fingerprint density at radius 2 is 2.11 bits per heavy atom. The van der Waals surface area contributed by atoms with Crippen LogP contribution in [0.15, 0.2) is 42.7 Å². The molecular weight excluding hydrogens is 338 g/mol. The van der Waals surface area contributed by atoms with Crippen molar-refractivity contribution < 1.29 is 4.79 Å². The third kappa shape index (κ3) is 4.92. The van der Waals surface area contributed by atoms with Crippen LogP contribution in [0.25, 0.3) is 11.0 Å². The fourth-order valence-corrected chi connectivity index (χ4v) is 3.16. The lowest BCUT2D eigenvalue weighted by Crippen LogP contribution is -2.39. The van der Waals surface area contributed by atoms with Gasteiger partial charge in [0, 0.05) is 18.9 Å². The van der Waals surface area contributed by atoms with Crippen molar-refractivity contribution in [3.05, 3.63) is 59.7 Å². The van der Waals surface area contributed by atoms with Gasteiger partial charge < -0.3 is 10.3 Å². The molecule has 2 heterocycles. The van der Waals surface area contributed by atoms with Crippen LogP contribution in [0.5, 0.6) is 0 Å². The van der Waals surface area contributed by atoms with Crippen LogP contribution in [-0.2, 0) is 11.3 Å². The highest BCUT2D eigenvalue weighted by Crippen LogP contribution is 2.22. The van der Waals surface area contributed by atoms with Gasteiger partial charge in [0.25, 0.3) is 0 Å². The van der Waals surface area contributed by atoms with Crippen LogP contribution in [0.1, 0.15) is 36.8 Å². The summed E-state index contributed by atoms with van der Waals surface area (Å²) in [6, 6.07) is 9.88. The average Bonchev–Trinajstić information content (AvgIpc) is 3.02. The third-order valence-electron chi connectivity index (χ3n) is 4.52. The number of pyridine rings is 1. The number of fused-ring (bicyclic) bond motifs is 1. The van der Waals surface area contributed by atoms with E-state index in [0.29, 0.717) is 13.1 Å². The van der Waals surface area contributed by atoms with Crippen molar-refractivity contribution in [2.75, 3.05) is 13.6 Å². The minimum Gasteiger partial charge on any atom is -0.345 e. The molecule has 6 nitrogen and oxygen atoms in total. The SMILES string of the molecule is Cc1ccc2nc([C@@H](NC(=O)CN(C)Cc3cccnc3)C(C)C)[nH]c2c1. The van der Waals surface area contributed by atoms with Crippen molar-refractivity contribution in [1.29, 1.82) is 0 Å². The van der Waals surface area contributed by atoms with Gasteiger partial charge in [0.15, 0.2) is 0 Å². The molecule has 3 aromatic rings. The van der Waals surface area contributed by atoms with Crippen LogP contribution in [0.2, 0.25) is 0 Å². The molecule has 1 atom stereocenters. The fraction of sp³-hybridized carbons (Fsp3) is 0.381. The van der Waals surface area contributed by atoms with E-state index in [1.165, 1.54) is 5.56 Å². The second kappa shape index (κ2) is 8.31. The van der Waals surface area contributed by atoms with E-state index in [-0.39, 0.29) is 17.9 Å². The molecule has 0 aliphatic heterocycles. The summed E-state index contributed by atoms with van der Waals surface area (Å²) in [6.07, 6.45) is 3.57. The second-order valence-corrected chi connectivity index (χ2v) is 7.47. The fourth-order valence-electron chi connectivity index (χ4n) is 3.16. The lowest BCUT2D eigenvalue weighted by molar-refractivity contribution is -0.123. The molecular formula is C21H27N5O. The van der Waals surface area contributed by atoms with E-state index in [2.05, 4.69) is 47.1 Å². The van der Waals surface area contributed by atoms with Crippen molar-refractivity contribution in [3.8, 4) is 0 Å². The van der Waals surface area contributed by atoms with Gasteiger partial charge >= 0.3 is 0 Å². The largest absolute Gasteiger partial charge is 0.345 e. The van der Waals surface area contributed by atoms with Crippen LogP contribution < -0.4 is 5.32 Å². The normalized spacial score (nSPS) is 12.7. The van der Waals surface area contributed by atoms with Crippen LogP contribution in [0.4, 0.5) is 0 Å². The number of nitrogens with one attached hydrogen (secondary N) is 2. The van der Waals surface area contributed by atoms with Crippen molar-refractivity contribution in [1.82, 2.24) is 25.2 Å². The Morgan fingerprint density at radius 3 is 2.81 bits per heavy atom. The Hall–Kier alpha value is -2.73. The first-order valence-electron chi connectivity index (χ1n) is 9.25. The van der Waals surface area contributed by atoms with E-state index in [9.17, 15) is 4.79 Å². The molecule has 0 saturated heterocycles. The predicted octanol–water partition coefficient (Wildman–Crippen LogP) is 3.21. The maximum atomic E-state index is 12.6. The van der Waals surface area contributed by atoms with Gasteiger partial charge in [-0.15, -0.1) is 0 Å². The minimum atomic E-state index is -0.156. The van der Waals surface area contributed by atoms with Gasteiger partial charge in [-0.3, -0.25) is 14.7 Å². The first kappa shape index (κ1) is 19.0. The number of aryl methyl sites for hydroxylation is 1. The van der Waals surface area contributed by atoms with Crippen LogP contribution in [0, 0.1) is 12.8 Å². The molecule has 0 aliphatic carbocycles. The number of hydrogen-bond donors (Lipinski definition) is 2. The van der Waals surface area contributed by atoms with Crippen LogP contribution in [-0.4, -0.2) is 39.4 Å². The van der Waals surface area contributed by atoms with Gasteiger partial charge in [-0.05, 0) is 49.2 Å². The number of benzene rings is 1. The summed E-state index contributed by atoms with van der Waals surface area (Å²) in [6.45, 7) is 7.22. The number of carbonyl (C=O) groups excluding carboxylic acids is 1. The standard InChI is InChI=1S/C21H27N5O/c1-14(2)20(21-23-17-8-7-15(3)10-18(17)24-21)25-19(27)13-26(4)12-16-6-5-9-22-11-16/h5-11,14,20H,12-13H2,1-4H3,(H,23,24)(H,25,27)/t20-/m0/s1. The van der Waals surface area contributed by atoms with Crippen molar-refractivity contribution >= 4 is 16.9 Å². The Morgan fingerprint density at radius 1 is 1.30 bits per heavy atom. The molecule has 27 heavy (non-hydrogen) atoms. The molecule has 1 aromatic carbocycles. The highest BCUT2D eigenvalue weighted by Gasteiger charge is 2.22. The van der Waals surface area contributed by atoms with E-state index >= 15 is 0 Å². The quantitative estimate of drug-likeness (QED) is 0.674. The zero-order chi connectivity index (χ0) is 19.4. The number of likely N-dealkylation sites (N-methyl/N-ethyl adjacent to an activating group) is 1. The highest BCUT2D eigenvalue weighted by molar-refractivity contribution is 5.79. The first-order chi connectivity index (χ1) is 12.9. The Bertz CT molecular complexity index is 903. The summed E-state index contributed by atoms with van der Waals surface area (Å²) < 4.78 is 0. The molecule has 0 aliphatic rings. The third-order valence-corrected chi connectivity index (χ3v) is 4.52. The molecule has 0 bridgehead atoms. The monoisotopic (exact) mass is 365 g/mol. The summed E-state index contributed by atoms with van der Waals surface area (Å²) in [5.74, 6) is 1.00. The van der Waals surface area contributed by atoms with Gasteiger partial charge in [-0.2, -0.15) is 0 Å². The summed E-state index contributed by atoms with van der Waals surface area (Å²) in [5, 5.41) is 3.14. The number of hydrogen-bond acceptors (Lipinski definition) is 4. The molecule has 0 saturated carbocycles. The van der Waals surface area contributed by atoms with E-state index in [4.69, 9.17) is 0 Å². The van der Waals surface area contributed by atoms with Gasteiger partial charge in [-0.25, -0.2) is 4.98 Å². The molecule has 2 aromatic heterocycles. The number of H-pyrrole nitrogens is 1. The predicted molar refractivity (Wildman–Crippen MR) is 107 cm³/mol. The lowest BCUT2D eigenvalue weighted by atomic mass is 10.0. The van der Waals surface area contributed by atoms with Crippen LogP contribution >= 0.6 is 0 Å². The molecule has 0 spiro atoms. The second-order valence-electron chi connectivity index (χ2n) is 7.47. The molecule has 1 amide bonds. The van der Waals surface area contributed by atoms with Crippen molar-refractivity contribution in [2.45, 2.75) is 33.4 Å².